The number of nitrogens with zero attached hydrogens (tertiary/aromatic N) is 1. The highest BCUT2D eigenvalue weighted by Gasteiger charge is 2.05. The molecule has 2 N–H and O–H groups in total. The standard InChI is InChI=1S/C13H12N2O2/c16-9-10-6-7-12(14-8-10)15-13(17)11-4-2-1-3-5-11/h1-8,16H,9H2,(H,14,15,17). The van der Waals surface area contributed by atoms with Crippen molar-refractivity contribution in [2.24, 2.45) is 0 Å². The molecule has 0 aliphatic heterocycles. The van der Waals surface area contributed by atoms with Gasteiger partial charge in [-0.2, -0.15) is 0 Å². The summed E-state index contributed by atoms with van der Waals surface area (Å²) in [5.41, 5.74) is 1.29. The van der Waals surface area contributed by atoms with Crippen LogP contribution in [-0.4, -0.2) is 16.0 Å². The zero-order chi connectivity index (χ0) is 12.1. The summed E-state index contributed by atoms with van der Waals surface area (Å²) >= 11 is 0. The van der Waals surface area contributed by atoms with E-state index in [9.17, 15) is 4.79 Å². The molecule has 4 heteroatoms. The molecule has 0 radical (unpaired) electrons. The summed E-state index contributed by atoms with van der Waals surface area (Å²) in [7, 11) is 0. The number of carbonyl (C=O) groups excluding carboxylic acids is 1. The van der Waals surface area contributed by atoms with Gasteiger partial charge in [0.1, 0.15) is 5.82 Å². The molecule has 0 unspecified atom stereocenters. The maximum absolute atomic E-state index is 11.8. The molecular formula is C13H12N2O2. The van der Waals surface area contributed by atoms with E-state index in [-0.39, 0.29) is 12.5 Å². The SMILES string of the molecule is O=C(Nc1ccc(CO)cn1)c1ccccc1. The molecule has 1 aromatic carbocycles. The summed E-state index contributed by atoms with van der Waals surface area (Å²) in [5, 5.41) is 11.5. The van der Waals surface area contributed by atoms with Gasteiger partial charge in [0.2, 0.25) is 0 Å². The van der Waals surface area contributed by atoms with Gasteiger partial charge in [0.15, 0.2) is 0 Å². The van der Waals surface area contributed by atoms with E-state index in [0.717, 1.165) is 0 Å². The minimum absolute atomic E-state index is 0.0556. The van der Waals surface area contributed by atoms with Gasteiger partial charge < -0.3 is 10.4 Å². The van der Waals surface area contributed by atoms with Gasteiger partial charge >= 0.3 is 0 Å². The fraction of sp³-hybridized carbons (Fsp3) is 0.0769. The molecule has 0 aliphatic rings. The topological polar surface area (TPSA) is 62.2 Å². The van der Waals surface area contributed by atoms with Crippen LogP contribution in [-0.2, 0) is 6.61 Å². The van der Waals surface area contributed by atoms with E-state index < -0.39 is 0 Å². The van der Waals surface area contributed by atoms with Crippen molar-refractivity contribution in [2.45, 2.75) is 6.61 Å². The molecule has 86 valence electrons. The Morgan fingerprint density at radius 3 is 2.53 bits per heavy atom. The Kier molecular flexibility index (Phi) is 3.47. The lowest BCUT2D eigenvalue weighted by Crippen LogP contribution is -2.12. The number of rotatable bonds is 3. The molecule has 1 amide bonds. The molecule has 0 bridgehead atoms. The van der Waals surface area contributed by atoms with Gasteiger partial charge in [-0.3, -0.25) is 4.79 Å². The van der Waals surface area contributed by atoms with Crippen molar-refractivity contribution in [1.82, 2.24) is 4.98 Å². The second kappa shape index (κ2) is 5.23. The van der Waals surface area contributed by atoms with E-state index in [4.69, 9.17) is 5.11 Å². The molecule has 0 aliphatic carbocycles. The minimum atomic E-state index is -0.199. The highest BCUT2D eigenvalue weighted by Crippen LogP contribution is 2.07. The van der Waals surface area contributed by atoms with Crippen molar-refractivity contribution >= 4 is 11.7 Å². The largest absolute Gasteiger partial charge is 0.392 e. The van der Waals surface area contributed by atoms with E-state index in [2.05, 4.69) is 10.3 Å². The second-order valence-corrected chi connectivity index (χ2v) is 3.53. The summed E-state index contributed by atoms with van der Waals surface area (Å²) in [6.07, 6.45) is 1.53. The summed E-state index contributed by atoms with van der Waals surface area (Å²) in [6, 6.07) is 12.3. The third kappa shape index (κ3) is 2.89. The Morgan fingerprint density at radius 1 is 1.18 bits per heavy atom. The fourth-order valence-electron chi connectivity index (χ4n) is 1.37. The monoisotopic (exact) mass is 228 g/mol. The van der Waals surface area contributed by atoms with Crippen LogP contribution in [0.3, 0.4) is 0 Å². The molecule has 1 aromatic heterocycles. The molecule has 2 aromatic rings. The number of anilines is 1. The molecule has 1 heterocycles. The van der Waals surface area contributed by atoms with Gasteiger partial charge in [-0.15, -0.1) is 0 Å². The fourth-order valence-corrected chi connectivity index (χ4v) is 1.37. The lowest BCUT2D eigenvalue weighted by atomic mass is 10.2. The number of hydrogen-bond acceptors (Lipinski definition) is 3. The van der Waals surface area contributed by atoms with Gasteiger partial charge in [-0.25, -0.2) is 4.98 Å². The van der Waals surface area contributed by atoms with E-state index in [1.54, 1.807) is 36.4 Å². The maximum Gasteiger partial charge on any atom is 0.256 e. The van der Waals surface area contributed by atoms with Crippen LogP contribution >= 0.6 is 0 Å². The first-order chi connectivity index (χ1) is 8.29. The van der Waals surface area contributed by atoms with Gasteiger partial charge in [-0.05, 0) is 23.8 Å². The van der Waals surface area contributed by atoms with E-state index in [1.165, 1.54) is 6.20 Å². The Morgan fingerprint density at radius 2 is 1.94 bits per heavy atom. The average molecular weight is 228 g/mol. The molecular weight excluding hydrogens is 216 g/mol. The number of aliphatic hydroxyl groups is 1. The summed E-state index contributed by atoms with van der Waals surface area (Å²) in [4.78, 5) is 15.8. The van der Waals surface area contributed by atoms with Crippen LogP contribution in [0.2, 0.25) is 0 Å². The number of aliphatic hydroxyl groups excluding tert-OH is 1. The molecule has 0 atom stereocenters. The highest BCUT2D eigenvalue weighted by molar-refractivity contribution is 6.03. The zero-order valence-electron chi connectivity index (χ0n) is 9.13. The summed E-state index contributed by atoms with van der Waals surface area (Å²) < 4.78 is 0. The third-order valence-electron chi connectivity index (χ3n) is 2.28. The first kappa shape index (κ1) is 11.3. The van der Waals surface area contributed by atoms with Crippen molar-refractivity contribution in [3.63, 3.8) is 0 Å². The Hall–Kier alpha value is -2.20. The Bertz CT molecular complexity index is 495. The van der Waals surface area contributed by atoms with Crippen molar-refractivity contribution in [2.75, 3.05) is 5.32 Å². The lowest BCUT2D eigenvalue weighted by molar-refractivity contribution is 0.102. The van der Waals surface area contributed by atoms with Crippen molar-refractivity contribution in [3.8, 4) is 0 Å². The van der Waals surface area contributed by atoms with Crippen LogP contribution in [0.4, 0.5) is 5.82 Å². The number of pyridine rings is 1. The number of carbonyl (C=O) groups is 1. The van der Waals surface area contributed by atoms with E-state index in [0.29, 0.717) is 16.9 Å². The Balaban J connectivity index is 2.08. The van der Waals surface area contributed by atoms with Crippen molar-refractivity contribution in [3.05, 3.63) is 59.8 Å². The molecule has 4 nitrogen and oxygen atoms in total. The maximum atomic E-state index is 11.8. The molecule has 0 saturated heterocycles. The van der Waals surface area contributed by atoms with Crippen LogP contribution < -0.4 is 5.32 Å². The van der Waals surface area contributed by atoms with Gasteiger partial charge in [0, 0.05) is 11.8 Å². The highest BCUT2D eigenvalue weighted by atomic mass is 16.3. The van der Waals surface area contributed by atoms with Crippen molar-refractivity contribution < 1.29 is 9.90 Å². The van der Waals surface area contributed by atoms with E-state index >= 15 is 0 Å². The molecule has 0 fully saturated rings. The number of amides is 1. The smallest absolute Gasteiger partial charge is 0.256 e. The molecule has 2 rings (SSSR count). The lowest BCUT2D eigenvalue weighted by Gasteiger charge is -2.04. The third-order valence-corrected chi connectivity index (χ3v) is 2.28. The van der Waals surface area contributed by atoms with E-state index in [1.807, 2.05) is 6.07 Å². The number of benzene rings is 1. The first-order valence-corrected chi connectivity index (χ1v) is 5.22. The minimum Gasteiger partial charge on any atom is -0.392 e. The van der Waals surface area contributed by atoms with Gasteiger partial charge in [0.25, 0.3) is 5.91 Å². The van der Waals surface area contributed by atoms with Gasteiger partial charge in [-0.1, -0.05) is 24.3 Å². The molecule has 17 heavy (non-hydrogen) atoms. The zero-order valence-corrected chi connectivity index (χ0v) is 9.13. The van der Waals surface area contributed by atoms with Crippen LogP contribution in [0.25, 0.3) is 0 Å². The normalized spacial score (nSPS) is 9.94. The van der Waals surface area contributed by atoms with Crippen LogP contribution in [0.15, 0.2) is 48.7 Å². The van der Waals surface area contributed by atoms with Gasteiger partial charge in [0.05, 0.1) is 6.61 Å². The number of aromatic nitrogens is 1. The predicted molar refractivity (Wildman–Crippen MR) is 64.6 cm³/mol. The van der Waals surface area contributed by atoms with Crippen LogP contribution in [0.5, 0.6) is 0 Å². The van der Waals surface area contributed by atoms with Crippen LogP contribution in [0, 0.1) is 0 Å². The Labute approximate surface area is 98.9 Å². The predicted octanol–water partition coefficient (Wildman–Crippen LogP) is 1.83. The summed E-state index contributed by atoms with van der Waals surface area (Å²) in [5.74, 6) is 0.269. The number of nitrogens with one attached hydrogen (secondary N) is 1. The quantitative estimate of drug-likeness (QED) is 0.842. The van der Waals surface area contributed by atoms with Crippen LogP contribution in [0.1, 0.15) is 15.9 Å². The molecule has 0 spiro atoms. The number of hydrogen-bond donors (Lipinski definition) is 2. The first-order valence-electron chi connectivity index (χ1n) is 5.22. The van der Waals surface area contributed by atoms with Crippen molar-refractivity contribution in [1.29, 1.82) is 0 Å². The second-order valence-electron chi connectivity index (χ2n) is 3.53. The summed E-state index contributed by atoms with van der Waals surface area (Å²) in [6.45, 7) is -0.0556. The molecule has 0 saturated carbocycles. The average Bonchev–Trinajstić information content (AvgIpc) is 2.40.